The van der Waals surface area contributed by atoms with E-state index in [-0.39, 0.29) is 17.1 Å². The third-order valence-corrected chi connectivity index (χ3v) is 6.15. The van der Waals surface area contributed by atoms with Gasteiger partial charge in [0.25, 0.3) is 0 Å². The van der Waals surface area contributed by atoms with Crippen LogP contribution in [-0.4, -0.2) is 49.8 Å². The van der Waals surface area contributed by atoms with Gasteiger partial charge in [0.1, 0.15) is 10.5 Å². The van der Waals surface area contributed by atoms with Gasteiger partial charge in [-0.05, 0) is 39.0 Å². The quantitative estimate of drug-likeness (QED) is 0.660. The Hall–Kier alpha value is -2.36. The fourth-order valence-electron chi connectivity index (χ4n) is 2.74. The molecular weight excluding hydrogens is 406 g/mol. The molecule has 0 aliphatic rings. The highest BCUT2D eigenvalue weighted by atomic mass is 35.5. The summed E-state index contributed by atoms with van der Waals surface area (Å²) in [4.78, 5) is 27.2. The standard InChI is InChI=1S/C18H22ClN3O5S/c1-5-27-18(24)16-11(2)20-12(3)17(16)28(25,26)22(4)10-15(23)21-14-8-6-7-13(19)9-14/h6-9,20H,5,10H2,1-4H3,(H,21,23). The molecule has 0 saturated heterocycles. The maximum atomic E-state index is 13.0. The van der Waals surface area contributed by atoms with Crippen molar-refractivity contribution in [3.8, 4) is 0 Å². The number of aromatic nitrogens is 1. The van der Waals surface area contributed by atoms with E-state index in [0.29, 0.717) is 22.1 Å². The minimum Gasteiger partial charge on any atom is -0.462 e. The van der Waals surface area contributed by atoms with Gasteiger partial charge in [-0.15, -0.1) is 0 Å². The number of sulfonamides is 1. The first-order chi connectivity index (χ1) is 13.1. The molecule has 10 heteroatoms. The number of nitrogens with zero attached hydrogens (tertiary/aromatic N) is 1. The van der Waals surface area contributed by atoms with Crippen molar-refractivity contribution < 1.29 is 22.7 Å². The number of aromatic amines is 1. The number of amides is 1. The Bertz CT molecular complexity index is 1000. The lowest BCUT2D eigenvalue weighted by Crippen LogP contribution is -2.35. The van der Waals surface area contributed by atoms with E-state index in [1.165, 1.54) is 7.05 Å². The number of rotatable bonds is 7. The number of anilines is 1. The van der Waals surface area contributed by atoms with E-state index in [1.54, 1.807) is 45.0 Å². The number of ether oxygens (including phenoxy) is 1. The number of carbonyl (C=O) groups excluding carboxylic acids is 2. The largest absolute Gasteiger partial charge is 0.462 e. The summed E-state index contributed by atoms with van der Waals surface area (Å²) in [5.74, 6) is -1.28. The Balaban J connectivity index is 2.27. The Morgan fingerprint density at radius 1 is 1.25 bits per heavy atom. The van der Waals surface area contributed by atoms with Crippen LogP contribution in [0.25, 0.3) is 0 Å². The average molecular weight is 428 g/mol. The van der Waals surface area contributed by atoms with Gasteiger partial charge in [0.05, 0.1) is 13.2 Å². The van der Waals surface area contributed by atoms with Crippen molar-refractivity contribution in [2.45, 2.75) is 25.7 Å². The van der Waals surface area contributed by atoms with Crippen LogP contribution in [0.1, 0.15) is 28.7 Å². The molecule has 0 unspecified atom stereocenters. The molecule has 2 aromatic rings. The van der Waals surface area contributed by atoms with E-state index in [1.807, 2.05) is 0 Å². The Labute approximate surface area is 168 Å². The maximum absolute atomic E-state index is 13.0. The van der Waals surface area contributed by atoms with Crippen molar-refractivity contribution in [2.24, 2.45) is 0 Å². The van der Waals surface area contributed by atoms with E-state index in [9.17, 15) is 18.0 Å². The van der Waals surface area contributed by atoms with Crippen LogP contribution in [0.15, 0.2) is 29.2 Å². The van der Waals surface area contributed by atoms with Gasteiger partial charge in [-0.25, -0.2) is 13.2 Å². The number of hydrogen-bond acceptors (Lipinski definition) is 5. The fraction of sp³-hybridized carbons (Fsp3) is 0.333. The Kier molecular flexibility index (Phi) is 6.87. The molecule has 0 bridgehead atoms. The second kappa shape index (κ2) is 8.76. The maximum Gasteiger partial charge on any atom is 0.341 e. The number of aryl methyl sites for hydroxylation is 2. The van der Waals surface area contributed by atoms with Crippen LogP contribution in [-0.2, 0) is 19.6 Å². The highest BCUT2D eigenvalue weighted by Crippen LogP contribution is 2.27. The third kappa shape index (κ3) is 4.73. The number of likely N-dealkylation sites (N-methyl/N-ethyl adjacent to an activating group) is 1. The van der Waals surface area contributed by atoms with Gasteiger partial charge in [0.15, 0.2) is 0 Å². The molecule has 0 spiro atoms. The van der Waals surface area contributed by atoms with Crippen LogP contribution in [0, 0.1) is 13.8 Å². The van der Waals surface area contributed by atoms with Crippen molar-refractivity contribution in [1.29, 1.82) is 0 Å². The van der Waals surface area contributed by atoms with E-state index < -0.39 is 28.4 Å². The summed E-state index contributed by atoms with van der Waals surface area (Å²) in [6.07, 6.45) is 0. The first-order valence-electron chi connectivity index (χ1n) is 8.46. The van der Waals surface area contributed by atoms with Gasteiger partial charge >= 0.3 is 5.97 Å². The van der Waals surface area contributed by atoms with Gasteiger partial charge in [-0.1, -0.05) is 17.7 Å². The smallest absolute Gasteiger partial charge is 0.341 e. The zero-order valence-corrected chi connectivity index (χ0v) is 17.6. The highest BCUT2D eigenvalue weighted by molar-refractivity contribution is 7.89. The zero-order chi connectivity index (χ0) is 21.1. The summed E-state index contributed by atoms with van der Waals surface area (Å²) in [6.45, 7) is 4.43. The van der Waals surface area contributed by atoms with Crippen molar-refractivity contribution in [3.63, 3.8) is 0 Å². The number of halogens is 1. The lowest BCUT2D eigenvalue weighted by Gasteiger charge is -2.18. The topological polar surface area (TPSA) is 109 Å². The average Bonchev–Trinajstić information content (AvgIpc) is 2.89. The number of hydrogen-bond donors (Lipinski definition) is 2. The van der Waals surface area contributed by atoms with Crippen molar-refractivity contribution >= 4 is 39.2 Å². The summed E-state index contributed by atoms with van der Waals surface area (Å²) in [7, 11) is -2.86. The zero-order valence-electron chi connectivity index (χ0n) is 16.0. The SMILES string of the molecule is CCOC(=O)c1c(C)[nH]c(C)c1S(=O)(=O)N(C)CC(=O)Nc1cccc(Cl)c1. The second-order valence-corrected chi connectivity index (χ2v) is 8.54. The van der Waals surface area contributed by atoms with Crippen molar-refractivity contribution in [1.82, 2.24) is 9.29 Å². The molecule has 0 saturated carbocycles. The minimum absolute atomic E-state index is 0.0542. The molecule has 8 nitrogen and oxygen atoms in total. The molecule has 0 aliphatic heterocycles. The van der Waals surface area contributed by atoms with Crippen LogP contribution in [0.4, 0.5) is 5.69 Å². The van der Waals surface area contributed by atoms with Gasteiger partial charge < -0.3 is 15.0 Å². The molecule has 2 N–H and O–H groups in total. The highest BCUT2D eigenvalue weighted by Gasteiger charge is 2.33. The van der Waals surface area contributed by atoms with Gasteiger partial charge in [0, 0.05) is 29.1 Å². The first kappa shape index (κ1) is 21.9. The summed E-state index contributed by atoms with van der Waals surface area (Å²) in [5, 5.41) is 3.03. The second-order valence-electron chi connectivity index (χ2n) is 6.12. The fourth-order valence-corrected chi connectivity index (χ4v) is 4.46. The van der Waals surface area contributed by atoms with E-state index in [4.69, 9.17) is 16.3 Å². The number of esters is 1. The molecule has 1 amide bonds. The summed E-state index contributed by atoms with van der Waals surface area (Å²) < 4.78 is 31.9. The molecule has 1 heterocycles. The molecule has 2 rings (SSSR count). The Morgan fingerprint density at radius 2 is 1.93 bits per heavy atom. The van der Waals surface area contributed by atoms with Crippen LogP contribution in [0.2, 0.25) is 5.02 Å². The molecule has 0 fully saturated rings. The predicted molar refractivity (Wildman–Crippen MR) is 106 cm³/mol. The summed E-state index contributed by atoms with van der Waals surface area (Å²) in [6, 6.07) is 6.50. The van der Waals surface area contributed by atoms with E-state index in [0.717, 1.165) is 4.31 Å². The number of nitrogens with one attached hydrogen (secondary N) is 2. The predicted octanol–water partition coefficient (Wildman–Crippen LogP) is 2.72. The Morgan fingerprint density at radius 3 is 2.54 bits per heavy atom. The van der Waals surface area contributed by atoms with Gasteiger partial charge in [-0.3, -0.25) is 4.79 Å². The summed E-state index contributed by atoms with van der Waals surface area (Å²) >= 11 is 5.87. The molecule has 0 atom stereocenters. The van der Waals surface area contributed by atoms with E-state index >= 15 is 0 Å². The lowest BCUT2D eigenvalue weighted by molar-refractivity contribution is -0.116. The molecule has 0 radical (unpaired) electrons. The van der Waals surface area contributed by atoms with Gasteiger partial charge in [-0.2, -0.15) is 4.31 Å². The molecular formula is C18H22ClN3O5S. The third-order valence-electron chi connectivity index (χ3n) is 3.94. The van der Waals surface area contributed by atoms with Crippen molar-refractivity contribution in [3.05, 3.63) is 46.2 Å². The number of H-pyrrole nitrogens is 1. The normalized spacial score (nSPS) is 11.5. The van der Waals surface area contributed by atoms with Crippen LogP contribution >= 0.6 is 11.6 Å². The number of carbonyl (C=O) groups is 2. The van der Waals surface area contributed by atoms with E-state index in [2.05, 4.69) is 10.3 Å². The molecule has 1 aromatic carbocycles. The first-order valence-corrected chi connectivity index (χ1v) is 10.3. The molecule has 0 aliphatic carbocycles. The minimum atomic E-state index is -4.12. The van der Waals surface area contributed by atoms with Crippen LogP contribution < -0.4 is 5.32 Å². The van der Waals surface area contributed by atoms with Gasteiger partial charge in [0.2, 0.25) is 15.9 Å². The van der Waals surface area contributed by atoms with Crippen LogP contribution in [0.5, 0.6) is 0 Å². The molecule has 152 valence electrons. The molecule has 28 heavy (non-hydrogen) atoms. The number of benzene rings is 1. The van der Waals surface area contributed by atoms with Crippen LogP contribution in [0.3, 0.4) is 0 Å². The lowest BCUT2D eigenvalue weighted by atomic mass is 10.2. The monoisotopic (exact) mass is 427 g/mol. The van der Waals surface area contributed by atoms with Crippen molar-refractivity contribution in [2.75, 3.05) is 25.5 Å². The molecule has 1 aromatic heterocycles. The summed E-state index contributed by atoms with van der Waals surface area (Å²) in [5.41, 5.74) is 1.07.